The Hall–Kier alpha value is -2.79. The second-order valence-electron chi connectivity index (χ2n) is 6.84. The van der Waals surface area contributed by atoms with Crippen LogP contribution in [-0.4, -0.2) is 66.4 Å². The van der Waals surface area contributed by atoms with Crippen LogP contribution in [0, 0.1) is 0 Å². The molecule has 1 aromatic heterocycles. The Morgan fingerprint density at radius 1 is 1.13 bits per heavy atom. The predicted octanol–water partition coefficient (Wildman–Crippen LogP) is 2.33. The molecule has 1 heterocycles. The quantitative estimate of drug-likeness (QED) is 0.395. The largest absolute Gasteiger partial charge is 0.493 e. The minimum absolute atomic E-state index is 0.0276. The minimum atomic E-state index is -0.520. The summed E-state index contributed by atoms with van der Waals surface area (Å²) in [6.07, 6.45) is 0.741. The monoisotopic (exact) mass is 451 g/mol. The van der Waals surface area contributed by atoms with E-state index in [1.165, 1.54) is 11.8 Å². The molecule has 0 aliphatic heterocycles. The third kappa shape index (κ3) is 7.14. The number of thioether (sulfide) groups is 1. The van der Waals surface area contributed by atoms with Crippen LogP contribution < -0.4 is 20.1 Å². The number of carbonyl (C=O) groups is 2. The van der Waals surface area contributed by atoms with Crippen LogP contribution in [-0.2, 0) is 16.1 Å². The molecule has 0 saturated heterocycles. The molecule has 10 nitrogen and oxygen atoms in total. The number of rotatable bonds is 11. The van der Waals surface area contributed by atoms with Crippen molar-refractivity contribution in [1.82, 2.24) is 25.4 Å². The molecule has 0 fully saturated rings. The Morgan fingerprint density at radius 3 is 2.52 bits per heavy atom. The molecular formula is C20H29N5O5S. The van der Waals surface area contributed by atoms with Gasteiger partial charge in [0, 0.05) is 31.9 Å². The van der Waals surface area contributed by atoms with Gasteiger partial charge in [-0.15, -0.1) is 10.2 Å². The molecule has 0 atom stereocenters. The Kier molecular flexibility index (Phi) is 9.60. The zero-order chi connectivity index (χ0) is 22.8. The number of hydrogen-bond acceptors (Lipinski definition) is 8. The van der Waals surface area contributed by atoms with Gasteiger partial charge in [0.25, 0.3) is 0 Å². The van der Waals surface area contributed by atoms with E-state index in [0.717, 1.165) is 12.0 Å². The molecule has 0 unspecified atom stereocenters. The lowest BCUT2D eigenvalue weighted by molar-refractivity contribution is -0.117. The molecule has 0 bridgehead atoms. The van der Waals surface area contributed by atoms with E-state index in [9.17, 15) is 9.59 Å². The van der Waals surface area contributed by atoms with Crippen molar-refractivity contribution in [2.24, 2.45) is 0 Å². The number of amides is 3. The van der Waals surface area contributed by atoms with Crippen molar-refractivity contribution in [1.29, 1.82) is 0 Å². The lowest BCUT2D eigenvalue weighted by Crippen LogP contribution is -2.43. The van der Waals surface area contributed by atoms with E-state index in [-0.39, 0.29) is 11.8 Å². The number of nitrogens with one attached hydrogen (secondary N) is 2. The summed E-state index contributed by atoms with van der Waals surface area (Å²) >= 11 is 1.21. The van der Waals surface area contributed by atoms with Crippen LogP contribution in [0.3, 0.4) is 0 Å². The highest BCUT2D eigenvalue weighted by Gasteiger charge is 2.18. The average molecular weight is 452 g/mol. The van der Waals surface area contributed by atoms with Crippen molar-refractivity contribution in [2.75, 3.05) is 33.7 Å². The second-order valence-corrected chi connectivity index (χ2v) is 7.78. The summed E-state index contributed by atoms with van der Waals surface area (Å²) in [7, 11) is 4.79. The number of hydrogen-bond donors (Lipinski definition) is 2. The van der Waals surface area contributed by atoms with Gasteiger partial charge in [-0.05, 0) is 38.5 Å². The summed E-state index contributed by atoms with van der Waals surface area (Å²) < 4.78 is 17.8. The van der Waals surface area contributed by atoms with Gasteiger partial charge in [-0.1, -0.05) is 11.8 Å². The predicted molar refractivity (Wildman–Crippen MR) is 118 cm³/mol. The lowest BCUT2D eigenvalue weighted by Gasteiger charge is -2.12. The first-order valence-corrected chi connectivity index (χ1v) is 10.8. The summed E-state index contributed by atoms with van der Waals surface area (Å²) in [4.78, 5) is 23.8. The van der Waals surface area contributed by atoms with Gasteiger partial charge in [0.15, 0.2) is 22.5 Å². The van der Waals surface area contributed by atoms with E-state index in [0.29, 0.717) is 35.6 Å². The Morgan fingerprint density at radius 2 is 1.87 bits per heavy atom. The highest BCUT2D eigenvalue weighted by molar-refractivity contribution is 7.99. The molecule has 3 amide bonds. The topological polar surface area (TPSA) is 117 Å². The molecule has 0 spiro atoms. The Bertz CT molecular complexity index is 887. The molecule has 2 aromatic rings. The fourth-order valence-corrected chi connectivity index (χ4v) is 3.51. The summed E-state index contributed by atoms with van der Waals surface area (Å²) in [5.74, 6) is 1.44. The van der Waals surface area contributed by atoms with Gasteiger partial charge in [-0.2, -0.15) is 0 Å². The molecule has 2 rings (SSSR count). The SMILES string of the molecule is COCCCn1c(SCC(=O)NC(=O)NC(C)C)nnc1-c1ccc(OC)c(OC)c1. The molecule has 2 N–H and O–H groups in total. The van der Waals surface area contributed by atoms with Crippen molar-refractivity contribution in [3.8, 4) is 22.9 Å². The third-order valence-electron chi connectivity index (χ3n) is 4.09. The second kappa shape index (κ2) is 12.2. The van der Waals surface area contributed by atoms with E-state index in [1.54, 1.807) is 27.4 Å². The summed E-state index contributed by atoms with van der Waals surface area (Å²) in [5.41, 5.74) is 0.801. The molecule has 1 aromatic carbocycles. The molecule has 0 radical (unpaired) electrons. The van der Waals surface area contributed by atoms with Crippen LogP contribution in [0.5, 0.6) is 11.5 Å². The smallest absolute Gasteiger partial charge is 0.321 e. The number of nitrogens with zero attached hydrogens (tertiary/aromatic N) is 3. The molecule has 31 heavy (non-hydrogen) atoms. The number of urea groups is 1. The zero-order valence-electron chi connectivity index (χ0n) is 18.4. The molecule has 170 valence electrons. The van der Waals surface area contributed by atoms with Crippen molar-refractivity contribution in [3.05, 3.63) is 18.2 Å². The van der Waals surface area contributed by atoms with Crippen LogP contribution in [0.4, 0.5) is 4.79 Å². The summed E-state index contributed by atoms with van der Waals surface area (Å²) in [6.45, 7) is 4.81. The first-order chi connectivity index (χ1) is 14.9. The number of ether oxygens (including phenoxy) is 3. The molecule has 0 aliphatic carbocycles. The maximum Gasteiger partial charge on any atom is 0.321 e. The summed E-state index contributed by atoms with van der Waals surface area (Å²) in [5, 5.41) is 14.1. The number of aromatic nitrogens is 3. The fraction of sp³-hybridized carbons (Fsp3) is 0.500. The highest BCUT2D eigenvalue weighted by Crippen LogP contribution is 2.33. The molecule has 0 aliphatic rings. The normalized spacial score (nSPS) is 10.8. The van der Waals surface area contributed by atoms with Crippen LogP contribution >= 0.6 is 11.8 Å². The highest BCUT2D eigenvalue weighted by atomic mass is 32.2. The van der Waals surface area contributed by atoms with Gasteiger partial charge < -0.3 is 24.1 Å². The van der Waals surface area contributed by atoms with Crippen molar-refractivity contribution < 1.29 is 23.8 Å². The van der Waals surface area contributed by atoms with E-state index >= 15 is 0 Å². The van der Waals surface area contributed by atoms with E-state index in [4.69, 9.17) is 14.2 Å². The maximum absolute atomic E-state index is 12.1. The van der Waals surface area contributed by atoms with Gasteiger partial charge >= 0.3 is 6.03 Å². The first kappa shape index (κ1) is 24.5. The van der Waals surface area contributed by atoms with Crippen molar-refractivity contribution in [3.63, 3.8) is 0 Å². The van der Waals surface area contributed by atoms with E-state index in [2.05, 4.69) is 20.8 Å². The molecular weight excluding hydrogens is 422 g/mol. The number of carbonyl (C=O) groups excluding carboxylic acids is 2. The number of benzene rings is 1. The van der Waals surface area contributed by atoms with E-state index in [1.807, 2.05) is 30.5 Å². The maximum atomic E-state index is 12.1. The van der Waals surface area contributed by atoms with Gasteiger partial charge in [0.2, 0.25) is 5.91 Å². The van der Waals surface area contributed by atoms with Crippen molar-refractivity contribution >= 4 is 23.7 Å². The van der Waals surface area contributed by atoms with Gasteiger partial charge in [0.05, 0.1) is 20.0 Å². The van der Waals surface area contributed by atoms with Gasteiger partial charge in [-0.3, -0.25) is 10.1 Å². The Balaban J connectivity index is 2.20. The van der Waals surface area contributed by atoms with Gasteiger partial charge in [0.1, 0.15) is 0 Å². The molecule has 11 heteroatoms. The third-order valence-corrected chi connectivity index (χ3v) is 5.06. The number of imide groups is 1. The van der Waals surface area contributed by atoms with Crippen LogP contribution in [0.15, 0.2) is 23.4 Å². The van der Waals surface area contributed by atoms with Gasteiger partial charge in [-0.25, -0.2) is 4.79 Å². The van der Waals surface area contributed by atoms with Crippen LogP contribution in [0.2, 0.25) is 0 Å². The summed E-state index contributed by atoms with van der Waals surface area (Å²) in [6, 6.07) is 4.92. The van der Waals surface area contributed by atoms with Crippen molar-refractivity contribution in [2.45, 2.75) is 38.0 Å². The first-order valence-electron chi connectivity index (χ1n) is 9.77. The van der Waals surface area contributed by atoms with E-state index < -0.39 is 11.9 Å². The van der Waals surface area contributed by atoms with Crippen LogP contribution in [0.25, 0.3) is 11.4 Å². The average Bonchev–Trinajstić information content (AvgIpc) is 3.14. The lowest BCUT2D eigenvalue weighted by atomic mass is 10.2. The zero-order valence-corrected chi connectivity index (χ0v) is 19.2. The fourth-order valence-electron chi connectivity index (χ4n) is 2.74. The standard InChI is InChI=1S/C20H29N5O5S/c1-13(2)21-19(27)22-17(26)12-31-20-24-23-18(25(20)9-6-10-28-3)14-7-8-15(29-4)16(11-14)30-5/h7-8,11,13H,6,9-10,12H2,1-5H3,(H2,21,22,26,27). The van der Waals surface area contributed by atoms with Crippen LogP contribution in [0.1, 0.15) is 20.3 Å². The number of methoxy groups -OCH3 is 3. The molecule has 0 saturated carbocycles. The minimum Gasteiger partial charge on any atom is -0.493 e. The Labute approximate surface area is 186 Å².